The van der Waals surface area contributed by atoms with Crippen molar-refractivity contribution >= 4 is 17.7 Å². The highest BCUT2D eigenvalue weighted by Crippen LogP contribution is 2.16. The number of carbonyl (C=O) groups excluding carboxylic acids is 1. The first-order valence-corrected chi connectivity index (χ1v) is 9.73. The number of thioether (sulfide) groups is 1. The summed E-state index contributed by atoms with van der Waals surface area (Å²) in [6.45, 7) is 2.02. The lowest BCUT2D eigenvalue weighted by atomic mass is 10.2. The number of rotatable bonds is 5. The van der Waals surface area contributed by atoms with Crippen molar-refractivity contribution in [2.45, 2.75) is 24.5 Å². The van der Waals surface area contributed by atoms with E-state index >= 15 is 0 Å². The fourth-order valence-electron chi connectivity index (χ4n) is 3.07. The fourth-order valence-corrected chi connectivity index (χ4v) is 3.86. The van der Waals surface area contributed by atoms with Crippen LogP contribution in [0.15, 0.2) is 36.0 Å². The van der Waals surface area contributed by atoms with Crippen LogP contribution in [0.1, 0.15) is 17.2 Å². The first kappa shape index (κ1) is 17.7. The van der Waals surface area contributed by atoms with Crippen molar-refractivity contribution in [1.82, 2.24) is 39.4 Å². The van der Waals surface area contributed by atoms with E-state index in [4.69, 9.17) is 0 Å². The normalized spacial score (nSPS) is 14.0. The summed E-state index contributed by atoms with van der Waals surface area (Å²) in [7, 11) is 1.87. The highest BCUT2D eigenvalue weighted by molar-refractivity contribution is 7.99. The maximum Gasteiger partial charge on any atom is 0.233 e. The summed E-state index contributed by atoms with van der Waals surface area (Å²) in [6.07, 6.45) is 6.64. The Kier molecular flexibility index (Phi) is 5.14. The van der Waals surface area contributed by atoms with Crippen LogP contribution in [-0.4, -0.2) is 64.2 Å². The highest BCUT2D eigenvalue weighted by atomic mass is 32.2. The van der Waals surface area contributed by atoms with E-state index in [0.717, 1.165) is 22.4 Å². The number of carbonyl (C=O) groups is 1. The summed E-state index contributed by atoms with van der Waals surface area (Å²) in [5.41, 5.74) is 1.10. The molecular formula is C17H20N8OS. The lowest BCUT2D eigenvalue weighted by Gasteiger charge is -2.19. The first-order valence-electron chi connectivity index (χ1n) is 8.75. The molecule has 1 amide bonds. The second-order valence-corrected chi connectivity index (χ2v) is 7.31. The van der Waals surface area contributed by atoms with Gasteiger partial charge in [-0.05, 0) is 11.6 Å². The van der Waals surface area contributed by atoms with E-state index < -0.39 is 0 Å². The van der Waals surface area contributed by atoms with Gasteiger partial charge in [-0.3, -0.25) is 9.78 Å². The van der Waals surface area contributed by atoms with E-state index in [-0.39, 0.29) is 5.91 Å². The van der Waals surface area contributed by atoms with Gasteiger partial charge in [-0.15, -0.1) is 20.4 Å². The molecule has 0 atom stereocenters. The summed E-state index contributed by atoms with van der Waals surface area (Å²) in [5.74, 6) is 2.32. The SMILES string of the molecule is Cn1cnnc1SCC(=O)N1CCc2nnc(Cc3cccnc3)n2CC1. The molecule has 0 aliphatic carbocycles. The van der Waals surface area contributed by atoms with Gasteiger partial charge in [0.1, 0.15) is 18.0 Å². The number of fused-ring (bicyclic) bond motifs is 1. The average Bonchev–Trinajstić information content (AvgIpc) is 3.19. The third kappa shape index (κ3) is 4.00. The van der Waals surface area contributed by atoms with Crippen LogP contribution < -0.4 is 0 Å². The number of hydrogen-bond donors (Lipinski definition) is 0. The number of nitrogens with zero attached hydrogens (tertiary/aromatic N) is 8. The van der Waals surface area contributed by atoms with Gasteiger partial charge in [0.25, 0.3) is 0 Å². The van der Waals surface area contributed by atoms with Crippen molar-refractivity contribution < 1.29 is 4.79 Å². The molecule has 0 N–H and O–H groups in total. The Labute approximate surface area is 160 Å². The van der Waals surface area contributed by atoms with Gasteiger partial charge in [0.05, 0.1) is 5.75 Å². The minimum absolute atomic E-state index is 0.107. The summed E-state index contributed by atoms with van der Waals surface area (Å²) < 4.78 is 3.95. The number of pyridine rings is 1. The van der Waals surface area contributed by atoms with Crippen LogP contribution in [0.2, 0.25) is 0 Å². The second kappa shape index (κ2) is 7.87. The smallest absolute Gasteiger partial charge is 0.233 e. The Bertz CT molecular complexity index is 922. The highest BCUT2D eigenvalue weighted by Gasteiger charge is 2.22. The molecule has 1 aliphatic rings. The van der Waals surface area contributed by atoms with Crippen LogP contribution in [0, 0.1) is 0 Å². The lowest BCUT2D eigenvalue weighted by Crippen LogP contribution is -2.35. The molecule has 4 heterocycles. The molecule has 10 heteroatoms. The van der Waals surface area contributed by atoms with Gasteiger partial charge in [0.2, 0.25) is 5.91 Å². The maximum atomic E-state index is 12.6. The maximum absolute atomic E-state index is 12.6. The van der Waals surface area contributed by atoms with Gasteiger partial charge in [-0.1, -0.05) is 17.8 Å². The van der Waals surface area contributed by atoms with Gasteiger partial charge >= 0.3 is 0 Å². The topological polar surface area (TPSA) is 94.6 Å². The van der Waals surface area contributed by atoms with E-state index in [0.29, 0.717) is 38.2 Å². The zero-order valence-corrected chi connectivity index (χ0v) is 15.8. The molecule has 0 saturated carbocycles. The molecule has 3 aromatic heterocycles. The van der Waals surface area contributed by atoms with Crippen molar-refractivity contribution in [3.63, 3.8) is 0 Å². The fraction of sp³-hybridized carbons (Fsp3) is 0.412. The van der Waals surface area contributed by atoms with Gasteiger partial charge in [-0.2, -0.15) is 0 Å². The molecule has 0 unspecified atom stereocenters. The Morgan fingerprint density at radius 3 is 2.93 bits per heavy atom. The van der Waals surface area contributed by atoms with Crippen molar-refractivity contribution in [2.75, 3.05) is 18.8 Å². The molecule has 1 aliphatic heterocycles. The minimum atomic E-state index is 0.107. The molecule has 0 saturated heterocycles. The monoisotopic (exact) mass is 384 g/mol. The summed E-state index contributed by atoms with van der Waals surface area (Å²) in [5, 5.41) is 17.3. The number of aryl methyl sites for hydroxylation is 1. The first-order chi connectivity index (χ1) is 13.2. The van der Waals surface area contributed by atoms with Gasteiger partial charge in [0, 0.05) is 51.9 Å². The van der Waals surface area contributed by atoms with Crippen molar-refractivity contribution in [3.8, 4) is 0 Å². The second-order valence-electron chi connectivity index (χ2n) is 6.37. The van der Waals surface area contributed by atoms with Crippen molar-refractivity contribution in [3.05, 3.63) is 48.1 Å². The third-order valence-electron chi connectivity index (χ3n) is 4.54. The Hall–Kier alpha value is -2.75. The van der Waals surface area contributed by atoms with E-state index in [2.05, 4.69) is 29.9 Å². The Morgan fingerprint density at radius 2 is 2.15 bits per heavy atom. The predicted octanol–water partition coefficient (Wildman–Crippen LogP) is 0.569. The molecule has 140 valence electrons. The largest absolute Gasteiger partial charge is 0.340 e. The van der Waals surface area contributed by atoms with E-state index in [1.165, 1.54) is 11.8 Å². The predicted molar refractivity (Wildman–Crippen MR) is 99.1 cm³/mol. The molecule has 9 nitrogen and oxygen atoms in total. The van der Waals surface area contributed by atoms with E-state index in [1.54, 1.807) is 12.5 Å². The zero-order chi connectivity index (χ0) is 18.6. The van der Waals surface area contributed by atoms with Crippen molar-refractivity contribution in [1.29, 1.82) is 0 Å². The molecule has 0 spiro atoms. The third-order valence-corrected chi connectivity index (χ3v) is 5.55. The Balaban J connectivity index is 1.38. The molecule has 0 radical (unpaired) electrons. The standard InChI is InChI=1S/C17H20N8OS/c1-23-12-19-22-17(23)27-11-16(26)24-6-4-14-20-21-15(25(14)8-7-24)9-13-3-2-5-18-10-13/h2-3,5,10,12H,4,6-9,11H2,1H3. The van der Waals surface area contributed by atoms with Crippen LogP contribution in [0.25, 0.3) is 0 Å². The van der Waals surface area contributed by atoms with Gasteiger partial charge in [-0.25, -0.2) is 0 Å². The van der Waals surface area contributed by atoms with Crippen LogP contribution in [0.3, 0.4) is 0 Å². The van der Waals surface area contributed by atoms with Crippen molar-refractivity contribution in [2.24, 2.45) is 7.05 Å². The molecule has 3 aromatic rings. The quantitative estimate of drug-likeness (QED) is 0.594. The average molecular weight is 384 g/mol. The van der Waals surface area contributed by atoms with E-state index in [9.17, 15) is 4.79 Å². The summed E-state index contributed by atoms with van der Waals surface area (Å²) >= 11 is 1.41. The molecule has 27 heavy (non-hydrogen) atoms. The summed E-state index contributed by atoms with van der Waals surface area (Å²) in [6, 6.07) is 3.95. The molecule has 0 aromatic carbocycles. The molecule has 0 bridgehead atoms. The number of amides is 1. The van der Waals surface area contributed by atoms with Gasteiger partial charge < -0.3 is 14.0 Å². The number of hydrogen-bond acceptors (Lipinski definition) is 7. The number of aromatic nitrogens is 7. The lowest BCUT2D eigenvalue weighted by molar-refractivity contribution is -0.128. The molecule has 4 rings (SSSR count). The van der Waals surface area contributed by atoms with E-state index in [1.807, 2.05) is 34.8 Å². The zero-order valence-electron chi connectivity index (χ0n) is 15.0. The molecule has 0 fully saturated rings. The van der Waals surface area contributed by atoms with Crippen LogP contribution in [-0.2, 0) is 31.2 Å². The van der Waals surface area contributed by atoms with Crippen LogP contribution in [0.4, 0.5) is 0 Å². The van der Waals surface area contributed by atoms with Crippen LogP contribution >= 0.6 is 11.8 Å². The van der Waals surface area contributed by atoms with Crippen LogP contribution in [0.5, 0.6) is 0 Å². The molecular weight excluding hydrogens is 364 g/mol. The van der Waals surface area contributed by atoms with Gasteiger partial charge in [0.15, 0.2) is 5.16 Å². The summed E-state index contributed by atoms with van der Waals surface area (Å²) in [4.78, 5) is 18.6. The Morgan fingerprint density at radius 1 is 1.22 bits per heavy atom. The minimum Gasteiger partial charge on any atom is -0.340 e.